The average Bonchev–Trinajstić information content (AvgIpc) is 2.92. The predicted octanol–water partition coefficient (Wildman–Crippen LogP) is 3.42. The minimum absolute atomic E-state index is 0.0761. The van der Waals surface area contributed by atoms with E-state index in [4.69, 9.17) is 19.5 Å². The van der Waals surface area contributed by atoms with Gasteiger partial charge in [-0.05, 0) is 60.4 Å². The summed E-state index contributed by atoms with van der Waals surface area (Å²) in [5.74, 6) is -1.42. The summed E-state index contributed by atoms with van der Waals surface area (Å²) in [5, 5.41) is 19.0. The summed E-state index contributed by atoms with van der Waals surface area (Å²) >= 11 is 0. The number of esters is 2. The minimum Gasteiger partial charge on any atom is -0.507 e. The first-order valence-corrected chi connectivity index (χ1v) is 12.9. The van der Waals surface area contributed by atoms with Gasteiger partial charge in [0.05, 0.1) is 38.0 Å². The number of phenolic OH excluding ortho intramolecular Hbond substituents is 1. The van der Waals surface area contributed by atoms with E-state index in [-0.39, 0.29) is 36.3 Å². The van der Waals surface area contributed by atoms with Crippen molar-refractivity contribution in [2.24, 2.45) is 0 Å². The van der Waals surface area contributed by atoms with E-state index in [9.17, 15) is 23.1 Å². The van der Waals surface area contributed by atoms with Gasteiger partial charge in [-0.1, -0.05) is 24.3 Å². The van der Waals surface area contributed by atoms with E-state index >= 15 is 0 Å². The van der Waals surface area contributed by atoms with E-state index in [2.05, 4.69) is 4.72 Å². The van der Waals surface area contributed by atoms with Crippen LogP contribution in [0.4, 0.5) is 0 Å². The van der Waals surface area contributed by atoms with E-state index in [1.165, 1.54) is 20.3 Å². The first-order chi connectivity index (χ1) is 18.2. The largest absolute Gasteiger partial charge is 0.507 e. The van der Waals surface area contributed by atoms with Gasteiger partial charge in [-0.3, -0.25) is 0 Å². The van der Waals surface area contributed by atoms with Gasteiger partial charge in [-0.2, -0.15) is 5.26 Å². The Labute approximate surface area is 220 Å². The zero-order valence-corrected chi connectivity index (χ0v) is 21.8. The van der Waals surface area contributed by atoms with Crippen molar-refractivity contribution in [2.75, 3.05) is 27.4 Å². The molecule has 0 saturated heterocycles. The molecule has 10 nitrogen and oxygen atoms in total. The summed E-state index contributed by atoms with van der Waals surface area (Å²) in [4.78, 5) is 24.9. The highest BCUT2D eigenvalue weighted by atomic mass is 32.2. The van der Waals surface area contributed by atoms with Gasteiger partial charge in [0, 0.05) is 6.54 Å². The number of phenols is 1. The van der Waals surface area contributed by atoms with Crippen LogP contribution in [-0.4, -0.2) is 52.8 Å². The number of sulfonamides is 1. The molecule has 198 valence electrons. The van der Waals surface area contributed by atoms with Gasteiger partial charge in [0.25, 0.3) is 0 Å². The zero-order chi connectivity index (χ0) is 27.9. The average molecular weight is 539 g/mol. The summed E-state index contributed by atoms with van der Waals surface area (Å²) in [7, 11) is -1.47. The highest BCUT2D eigenvalue weighted by molar-refractivity contribution is 7.89. The van der Waals surface area contributed by atoms with Gasteiger partial charge >= 0.3 is 11.9 Å². The van der Waals surface area contributed by atoms with Crippen LogP contribution in [-0.2, 0) is 25.9 Å². The van der Waals surface area contributed by atoms with Crippen molar-refractivity contribution in [3.05, 3.63) is 76.9 Å². The van der Waals surface area contributed by atoms with Crippen molar-refractivity contribution >= 4 is 22.0 Å². The van der Waals surface area contributed by atoms with Crippen LogP contribution in [0.15, 0.2) is 59.5 Å². The lowest BCUT2D eigenvalue weighted by Crippen LogP contribution is -2.26. The lowest BCUT2D eigenvalue weighted by molar-refractivity contribution is 0.0524. The maximum Gasteiger partial charge on any atom is 0.342 e. The molecule has 0 unspecified atom stereocenters. The molecule has 0 heterocycles. The first kappa shape index (κ1) is 28.2. The Morgan fingerprint density at radius 2 is 1.82 bits per heavy atom. The number of methoxy groups -OCH3 is 2. The third-order valence-corrected chi connectivity index (χ3v) is 7.11. The monoisotopic (exact) mass is 538 g/mol. The van der Waals surface area contributed by atoms with E-state index in [1.807, 2.05) is 6.07 Å². The number of rotatable bonds is 10. The van der Waals surface area contributed by atoms with Crippen LogP contribution in [0.3, 0.4) is 0 Å². The van der Waals surface area contributed by atoms with Crippen LogP contribution in [0, 0.1) is 11.3 Å². The summed E-state index contributed by atoms with van der Waals surface area (Å²) in [5.41, 5.74) is 1.94. The molecule has 0 bridgehead atoms. The summed E-state index contributed by atoms with van der Waals surface area (Å²) in [6.07, 6.45) is 0.105. The van der Waals surface area contributed by atoms with Crippen LogP contribution in [0.25, 0.3) is 11.1 Å². The SMILES string of the molecule is CCOC(=O)c1cc(-c2cccc(OC)c2C(=O)OC)ccc1CCNS(=O)(=O)c1cc(C#N)ccc1O. The molecule has 0 saturated carbocycles. The standard InChI is InChI=1S/C27H26N2O8S/c1-4-37-26(31)21-15-19(20-6-5-7-23(35-2)25(20)27(32)36-3)10-9-18(21)12-13-29-38(33,34)24-14-17(16-28)8-11-22(24)30/h5-11,14-15,29-30H,4,12-13H2,1-3H3. The normalized spacial score (nSPS) is 10.9. The quantitative estimate of drug-likeness (QED) is 0.370. The third-order valence-electron chi connectivity index (χ3n) is 5.62. The van der Waals surface area contributed by atoms with E-state index in [0.29, 0.717) is 22.4 Å². The van der Waals surface area contributed by atoms with Crippen molar-refractivity contribution in [3.63, 3.8) is 0 Å². The first-order valence-electron chi connectivity index (χ1n) is 11.4. The number of benzene rings is 3. The van der Waals surface area contributed by atoms with Crippen LogP contribution >= 0.6 is 0 Å². The van der Waals surface area contributed by atoms with Gasteiger partial charge in [0.1, 0.15) is 22.0 Å². The fourth-order valence-corrected chi connectivity index (χ4v) is 4.96. The van der Waals surface area contributed by atoms with Gasteiger partial charge in [0.15, 0.2) is 0 Å². The Balaban J connectivity index is 1.95. The Kier molecular flexibility index (Phi) is 9.07. The van der Waals surface area contributed by atoms with Crippen LogP contribution in [0.2, 0.25) is 0 Å². The zero-order valence-electron chi connectivity index (χ0n) is 21.0. The van der Waals surface area contributed by atoms with Crippen LogP contribution < -0.4 is 9.46 Å². The highest BCUT2D eigenvalue weighted by Crippen LogP contribution is 2.33. The molecule has 3 aromatic rings. The third kappa shape index (κ3) is 6.11. The molecule has 3 aromatic carbocycles. The second-order valence-corrected chi connectivity index (χ2v) is 9.64. The minimum atomic E-state index is -4.15. The Morgan fingerprint density at radius 3 is 2.47 bits per heavy atom. The number of ether oxygens (including phenoxy) is 3. The number of carbonyl (C=O) groups excluding carboxylic acids is 2. The molecular weight excluding hydrogens is 512 g/mol. The molecule has 11 heteroatoms. The van der Waals surface area contributed by atoms with Crippen molar-refractivity contribution < 1.29 is 37.3 Å². The molecule has 0 atom stereocenters. The Hall–Kier alpha value is -4.40. The maximum atomic E-state index is 12.8. The molecule has 0 fully saturated rings. The smallest absolute Gasteiger partial charge is 0.342 e. The number of nitrogens with one attached hydrogen (secondary N) is 1. The molecule has 0 aliphatic carbocycles. The van der Waals surface area contributed by atoms with Crippen molar-refractivity contribution in [2.45, 2.75) is 18.2 Å². The number of nitrogens with zero attached hydrogens (tertiary/aromatic N) is 1. The maximum absolute atomic E-state index is 12.8. The highest BCUT2D eigenvalue weighted by Gasteiger charge is 2.23. The molecule has 3 rings (SSSR count). The molecule has 0 spiro atoms. The topological polar surface area (TPSA) is 152 Å². The molecule has 0 aliphatic rings. The van der Waals surface area contributed by atoms with E-state index in [0.717, 1.165) is 12.1 Å². The number of carbonyl (C=O) groups is 2. The Bertz CT molecular complexity index is 1510. The van der Waals surface area contributed by atoms with Gasteiger partial charge in [-0.25, -0.2) is 22.7 Å². The van der Waals surface area contributed by atoms with Crippen LogP contribution in [0.1, 0.15) is 38.8 Å². The fraction of sp³-hybridized carbons (Fsp3) is 0.222. The number of nitriles is 1. The van der Waals surface area contributed by atoms with E-state index in [1.54, 1.807) is 43.3 Å². The van der Waals surface area contributed by atoms with E-state index < -0.39 is 32.6 Å². The molecule has 0 aliphatic heterocycles. The second kappa shape index (κ2) is 12.2. The van der Waals surface area contributed by atoms with Gasteiger partial charge in [-0.15, -0.1) is 0 Å². The molecule has 0 amide bonds. The fourth-order valence-electron chi connectivity index (χ4n) is 3.81. The number of aromatic hydroxyl groups is 1. The van der Waals surface area contributed by atoms with Crippen LogP contribution in [0.5, 0.6) is 11.5 Å². The number of hydrogen-bond donors (Lipinski definition) is 2. The molecule has 38 heavy (non-hydrogen) atoms. The molecule has 2 N–H and O–H groups in total. The lowest BCUT2D eigenvalue weighted by Gasteiger charge is -2.15. The van der Waals surface area contributed by atoms with Crippen molar-refractivity contribution in [3.8, 4) is 28.7 Å². The summed E-state index contributed by atoms with van der Waals surface area (Å²) in [6.45, 7) is 1.67. The van der Waals surface area contributed by atoms with Crippen molar-refractivity contribution in [1.29, 1.82) is 5.26 Å². The second-order valence-electron chi connectivity index (χ2n) is 7.91. The molecule has 0 radical (unpaired) electrons. The van der Waals surface area contributed by atoms with Crippen molar-refractivity contribution in [1.82, 2.24) is 4.72 Å². The Morgan fingerprint density at radius 1 is 1.05 bits per heavy atom. The summed E-state index contributed by atoms with van der Waals surface area (Å²) in [6, 6.07) is 15.2. The molecule has 0 aromatic heterocycles. The predicted molar refractivity (Wildman–Crippen MR) is 137 cm³/mol. The van der Waals surface area contributed by atoms with Gasteiger partial charge in [0.2, 0.25) is 10.0 Å². The number of hydrogen-bond acceptors (Lipinski definition) is 9. The lowest BCUT2D eigenvalue weighted by atomic mass is 9.94. The summed E-state index contributed by atoms with van der Waals surface area (Å²) < 4.78 is 43.3. The molecular formula is C27H26N2O8S. The van der Waals surface area contributed by atoms with Gasteiger partial charge < -0.3 is 19.3 Å².